The van der Waals surface area contributed by atoms with Crippen LogP contribution in [0.15, 0.2) is 18.2 Å². The molecule has 1 N–H and O–H groups in total. The van der Waals surface area contributed by atoms with Crippen molar-refractivity contribution in [1.29, 1.82) is 0 Å². The summed E-state index contributed by atoms with van der Waals surface area (Å²) in [4.78, 5) is 25.9. The Morgan fingerprint density at radius 3 is 2.52 bits per heavy atom. The molecule has 1 aliphatic rings. The molecule has 0 aliphatic carbocycles. The predicted octanol–water partition coefficient (Wildman–Crippen LogP) is 3.37. The molecule has 7 nitrogen and oxygen atoms in total. The maximum atomic E-state index is 12.0. The van der Waals surface area contributed by atoms with Gasteiger partial charge in [0.2, 0.25) is 0 Å². The molecule has 2 rings (SSSR count). The van der Waals surface area contributed by atoms with Gasteiger partial charge < -0.3 is 24.4 Å². The van der Waals surface area contributed by atoms with Crippen LogP contribution in [0.3, 0.4) is 0 Å². The number of hydrogen-bond acceptors (Lipinski definition) is 6. The minimum Gasteiger partial charge on any atom is -0.493 e. The number of ether oxygens (including phenoxy) is 3. The molecule has 7 heteroatoms. The first-order valence-corrected chi connectivity index (χ1v) is 9.37. The summed E-state index contributed by atoms with van der Waals surface area (Å²) in [6.45, 7) is 8.26. The van der Waals surface area contributed by atoms with E-state index in [2.05, 4.69) is 10.2 Å². The predicted molar refractivity (Wildman–Crippen MR) is 104 cm³/mol. The van der Waals surface area contributed by atoms with Gasteiger partial charge in [-0.1, -0.05) is 0 Å². The topological polar surface area (TPSA) is 77.1 Å². The molecule has 0 bridgehead atoms. The average Bonchev–Trinajstić information content (AvgIpc) is 3.13. The van der Waals surface area contributed by atoms with Crippen LogP contribution in [0.25, 0.3) is 0 Å². The molecule has 1 heterocycles. The molecule has 1 aliphatic heterocycles. The van der Waals surface area contributed by atoms with Gasteiger partial charge >= 0.3 is 12.1 Å². The summed E-state index contributed by atoms with van der Waals surface area (Å²) < 4.78 is 15.8. The van der Waals surface area contributed by atoms with Crippen LogP contribution in [0.4, 0.5) is 10.5 Å². The minimum absolute atomic E-state index is 0.364. The van der Waals surface area contributed by atoms with Crippen LogP contribution >= 0.6 is 0 Å². The molecular weight excluding hydrogens is 348 g/mol. The first kappa shape index (κ1) is 20.9. The molecule has 1 aromatic rings. The van der Waals surface area contributed by atoms with Crippen molar-refractivity contribution in [2.24, 2.45) is 0 Å². The molecule has 0 atom stereocenters. The van der Waals surface area contributed by atoms with Crippen LogP contribution in [-0.2, 0) is 9.47 Å². The van der Waals surface area contributed by atoms with Crippen LogP contribution in [0.1, 0.15) is 50.4 Å². The quantitative estimate of drug-likeness (QED) is 0.579. The molecule has 0 aromatic heterocycles. The maximum Gasteiger partial charge on any atom is 0.407 e. The zero-order valence-corrected chi connectivity index (χ0v) is 16.7. The molecule has 0 saturated carbocycles. The Kier molecular flexibility index (Phi) is 7.33. The van der Waals surface area contributed by atoms with Gasteiger partial charge in [0.15, 0.2) is 0 Å². The lowest BCUT2D eigenvalue weighted by molar-refractivity contribution is 0.0525. The van der Waals surface area contributed by atoms with Crippen molar-refractivity contribution < 1.29 is 23.8 Å². The highest BCUT2D eigenvalue weighted by Crippen LogP contribution is 2.28. The second-order valence-corrected chi connectivity index (χ2v) is 7.50. The Labute approximate surface area is 161 Å². The average molecular weight is 378 g/mol. The van der Waals surface area contributed by atoms with Crippen LogP contribution in [0.5, 0.6) is 5.75 Å². The van der Waals surface area contributed by atoms with Crippen LogP contribution in [-0.4, -0.2) is 51.0 Å². The van der Waals surface area contributed by atoms with Crippen molar-refractivity contribution in [2.45, 2.75) is 45.6 Å². The Balaban J connectivity index is 1.90. The van der Waals surface area contributed by atoms with E-state index in [0.29, 0.717) is 30.9 Å². The second kappa shape index (κ2) is 9.48. The van der Waals surface area contributed by atoms with Crippen molar-refractivity contribution >= 4 is 17.7 Å². The summed E-state index contributed by atoms with van der Waals surface area (Å²) in [5.74, 6) is 0.0772. The zero-order valence-electron chi connectivity index (χ0n) is 16.7. The minimum atomic E-state index is -0.522. The fraction of sp³-hybridized carbons (Fsp3) is 0.600. The van der Waals surface area contributed by atoms with E-state index in [9.17, 15) is 9.59 Å². The number of benzene rings is 1. The fourth-order valence-electron chi connectivity index (χ4n) is 2.84. The van der Waals surface area contributed by atoms with Gasteiger partial charge in [-0.2, -0.15) is 0 Å². The number of carbonyl (C=O) groups excluding carboxylic acids is 2. The third-order valence-corrected chi connectivity index (χ3v) is 4.09. The number of nitrogens with zero attached hydrogens (tertiary/aromatic N) is 1. The first-order valence-electron chi connectivity index (χ1n) is 9.37. The maximum absolute atomic E-state index is 12.0. The number of anilines is 1. The lowest BCUT2D eigenvalue weighted by Crippen LogP contribution is -2.33. The normalized spacial score (nSPS) is 14.0. The van der Waals surface area contributed by atoms with E-state index >= 15 is 0 Å². The summed E-state index contributed by atoms with van der Waals surface area (Å²) in [7, 11) is 1.35. The van der Waals surface area contributed by atoms with E-state index in [1.54, 1.807) is 6.07 Å². The summed E-state index contributed by atoms with van der Waals surface area (Å²) in [5, 5.41) is 2.69. The van der Waals surface area contributed by atoms with Crippen molar-refractivity contribution in [3.05, 3.63) is 23.8 Å². The number of alkyl carbamates (subject to hydrolysis) is 1. The number of carbonyl (C=O) groups is 2. The number of nitrogens with one attached hydrogen (secondary N) is 1. The second-order valence-electron chi connectivity index (χ2n) is 7.50. The Morgan fingerprint density at radius 2 is 1.89 bits per heavy atom. The van der Waals surface area contributed by atoms with Gasteiger partial charge in [0, 0.05) is 31.4 Å². The Morgan fingerprint density at radius 1 is 1.19 bits per heavy atom. The number of rotatable bonds is 7. The number of methoxy groups -OCH3 is 1. The molecule has 150 valence electrons. The molecule has 0 unspecified atom stereocenters. The third kappa shape index (κ3) is 6.66. The van der Waals surface area contributed by atoms with E-state index in [1.807, 2.05) is 32.9 Å². The molecule has 27 heavy (non-hydrogen) atoms. The molecule has 1 fully saturated rings. The van der Waals surface area contributed by atoms with E-state index < -0.39 is 17.7 Å². The summed E-state index contributed by atoms with van der Waals surface area (Å²) in [6.07, 6.45) is 2.48. The van der Waals surface area contributed by atoms with Crippen molar-refractivity contribution in [3.8, 4) is 5.75 Å². The number of amides is 1. The zero-order chi connectivity index (χ0) is 19.9. The largest absolute Gasteiger partial charge is 0.493 e. The van der Waals surface area contributed by atoms with Gasteiger partial charge in [0.25, 0.3) is 0 Å². The molecule has 0 radical (unpaired) electrons. The standard InChI is InChI=1S/C20H30N2O5/c1-20(2,3)27-19(24)21-10-7-13-26-17-14-15(22-11-5-6-12-22)8-9-16(17)18(23)25-4/h8-9,14H,5-7,10-13H2,1-4H3,(H,21,24). The highest BCUT2D eigenvalue weighted by Gasteiger charge is 2.18. The van der Waals surface area contributed by atoms with Crippen LogP contribution in [0, 0.1) is 0 Å². The lowest BCUT2D eigenvalue weighted by atomic mass is 10.1. The molecule has 1 amide bonds. The van der Waals surface area contributed by atoms with Crippen molar-refractivity contribution in [2.75, 3.05) is 38.3 Å². The van der Waals surface area contributed by atoms with Crippen molar-refractivity contribution in [1.82, 2.24) is 5.32 Å². The fourth-order valence-corrected chi connectivity index (χ4v) is 2.84. The molecule has 1 aromatic carbocycles. The van der Waals surface area contributed by atoms with Crippen molar-refractivity contribution in [3.63, 3.8) is 0 Å². The first-order chi connectivity index (χ1) is 12.8. The van der Waals surface area contributed by atoms with Gasteiger partial charge in [-0.15, -0.1) is 0 Å². The van der Waals surface area contributed by atoms with Gasteiger partial charge in [-0.05, 0) is 52.2 Å². The Hall–Kier alpha value is -2.44. The lowest BCUT2D eigenvalue weighted by Gasteiger charge is -2.20. The molecule has 1 saturated heterocycles. The van der Waals surface area contributed by atoms with E-state index in [0.717, 1.165) is 18.8 Å². The van der Waals surface area contributed by atoms with E-state index in [-0.39, 0.29) is 0 Å². The smallest absolute Gasteiger partial charge is 0.407 e. The number of esters is 1. The van der Waals surface area contributed by atoms with Gasteiger partial charge in [0.05, 0.1) is 13.7 Å². The Bertz CT molecular complexity index is 648. The highest BCUT2D eigenvalue weighted by molar-refractivity contribution is 5.93. The number of hydrogen-bond donors (Lipinski definition) is 1. The van der Waals surface area contributed by atoms with Gasteiger partial charge in [0.1, 0.15) is 16.9 Å². The summed E-state index contributed by atoms with van der Waals surface area (Å²) in [5.41, 5.74) is 0.925. The van der Waals surface area contributed by atoms with Crippen LogP contribution in [0.2, 0.25) is 0 Å². The van der Waals surface area contributed by atoms with Gasteiger partial charge in [-0.25, -0.2) is 9.59 Å². The van der Waals surface area contributed by atoms with Gasteiger partial charge in [-0.3, -0.25) is 0 Å². The van der Waals surface area contributed by atoms with Crippen LogP contribution < -0.4 is 15.0 Å². The summed E-state index contributed by atoms with van der Waals surface area (Å²) >= 11 is 0. The third-order valence-electron chi connectivity index (χ3n) is 4.09. The SMILES string of the molecule is COC(=O)c1ccc(N2CCCC2)cc1OCCCNC(=O)OC(C)(C)C. The van der Waals surface area contributed by atoms with E-state index in [1.165, 1.54) is 20.0 Å². The monoisotopic (exact) mass is 378 g/mol. The molecule has 0 spiro atoms. The summed E-state index contributed by atoms with van der Waals surface area (Å²) in [6, 6.07) is 5.56. The highest BCUT2D eigenvalue weighted by atomic mass is 16.6. The molecular formula is C20H30N2O5. The van der Waals surface area contributed by atoms with E-state index in [4.69, 9.17) is 14.2 Å².